The Kier molecular flexibility index (Phi) is 2.95. The van der Waals surface area contributed by atoms with Crippen LogP contribution in [-0.4, -0.2) is 4.98 Å². The van der Waals surface area contributed by atoms with Gasteiger partial charge in [0, 0.05) is 0 Å². The van der Waals surface area contributed by atoms with E-state index in [4.69, 9.17) is 11.6 Å². The van der Waals surface area contributed by atoms with Gasteiger partial charge in [-0.3, -0.25) is 0 Å². The molecule has 0 saturated carbocycles. The SMILES string of the molecule is ClCc1nc(Br)sc1Br. The second kappa shape index (κ2) is 3.32. The summed E-state index contributed by atoms with van der Waals surface area (Å²) in [6, 6.07) is 0. The molecule has 0 spiro atoms. The fourth-order valence-corrected chi connectivity index (χ4v) is 3.40. The Balaban J connectivity index is 3.01. The predicted octanol–water partition coefficient (Wildman–Crippen LogP) is 3.41. The molecule has 0 radical (unpaired) electrons. The summed E-state index contributed by atoms with van der Waals surface area (Å²) >= 11 is 13.6. The first kappa shape index (κ1) is 7.98. The van der Waals surface area contributed by atoms with Crippen molar-refractivity contribution in [2.75, 3.05) is 0 Å². The Labute approximate surface area is 78.7 Å². The Hall–Kier alpha value is 0.880. The Morgan fingerprint density at radius 2 is 2.22 bits per heavy atom. The summed E-state index contributed by atoms with van der Waals surface area (Å²) in [6.45, 7) is 0. The van der Waals surface area contributed by atoms with Crippen molar-refractivity contribution in [3.63, 3.8) is 0 Å². The van der Waals surface area contributed by atoms with Gasteiger partial charge in [-0.25, -0.2) is 4.98 Å². The first-order chi connectivity index (χ1) is 4.24. The van der Waals surface area contributed by atoms with Gasteiger partial charge in [-0.05, 0) is 31.9 Å². The van der Waals surface area contributed by atoms with E-state index in [2.05, 4.69) is 36.8 Å². The second-order valence-corrected chi connectivity index (χ2v) is 5.18. The van der Waals surface area contributed by atoms with Gasteiger partial charge >= 0.3 is 0 Å². The molecule has 0 atom stereocenters. The molecular formula is C4H2Br2ClNS. The summed E-state index contributed by atoms with van der Waals surface area (Å²) in [5.74, 6) is 0.461. The summed E-state index contributed by atoms with van der Waals surface area (Å²) in [5, 5.41) is 0. The number of alkyl halides is 1. The van der Waals surface area contributed by atoms with Crippen LogP contribution in [0.15, 0.2) is 7.70 Å². The van der Waals surface area contributed by atoms with E-state index in [1.54, 1.807) is 0 Å². The molecule has 0 aliphatic heterocycles. The first-order valence-electron chi connectivity index (χ1n) is 2.10. The molecule has 0 unspecified atom stereocenters. The highest BCUT2D eigenvalue weighted by atomic mass is 79.9. The van der Waals surface area contributed by atoms with Crippen LogP contribution in [0.3, 0.4) is 0 Å². The topological polar surface area (TPSA) is 12.9 Å². The molecule has 0 N–H and O–H groups in total. The molecule has 0 fully saturated rings. The van der Waals surface area contributed by atoms with E-state index in [1.165, 1.54) is 11.3 Å². The number of hydrogen-bond donors (Lipinski definition) is 0. The lowest BCUT2D eigenvalue weighted by molar-refractivity contribution is 1.20. The Morgan fingerprint density at radius 1 is 1.56 bits per heavy atom. The van der Waals surface area contributed by atoms with Crippen molar-refractivity contribution < 1.29 is 0 Å². The summed E-state index contributed by atoms with van der Waals surface area (Å²) < 4.78 is 1.87. The fraction of sp³-hybridized carbons (Fsp3) is 0.250. The lowest BCUT2D eigenvalue weighted by Crippen LogP contribution is -1.74. The van der Waals surface area contributed by atoms with Crippen LogP contribution in [0.5, 0.6) is 0 Å². The highest BCUT2D eigenvalue weighted by Gasteiger charge is 2.03. The number of hydrogen-bond acceptors (Lipinski definition) is 2. The van der Waals surface area contributed by atoms with Crippen LogP contribution in [0.1, 0.15) is 5.69 Å². The van der Waals surface area contributed by atoms with Crippen LogP contribution in [0, 0.1) is 0 Å². The normalized spacial score (nSPS) is 10.1. The standard InChI is InChI=1S/C4H2Br2ClNS/c5-3-2(1-7)8-4(6)9-3/h1H2. The largest absolute Gasteiger partial charge is 0.232 e. The molecule has 0 aromatic carbocycles. The van der Waals surface area contributed by atoms with E-state index in [9.17, 15) is 0 Å². The minimum Gasteiger partial charge on any atom is -0.232 e. The minimum absolute atomic E-state index is 0.461. The third-order valence-electron chi connectivity index (χ3n) is 0.750. The van der Waals surface area contributed by atoms with Crippen LogP contribution < -0.4 is 0 Å². The number of nitrogens with zero attached hydrogens (tertiary/aromatic N) is 1. The molecule has 1 nitrogen and oxygen atoms in total. The smallest absolute Gasteiger partial charge is 0.160 e. The van der Waals surface area contributed by atoms with Crippen molar-refractivity contribution in [3.8, 4) is 0 Å². The van der Waals surface area contributed by atoms with Gasteiger partial charge in [0.15, 0.2) is 3.92 Å². The van der Waals surface area contributed by atoms with Gasteiger partial charge in [-0.1, -0.05) is 11.3 Å². The van der Waals surface area contributed by atoms with Crippen molar-refractivity contribution in [2.24, 2.45) is 0 Å². The zero-order chi connectivity index (χ0) is 6.85. The van der Waals surface area contributed by atoms with Gasteiger partial charge in [-0.2, -0.15) is 0 Å². The second-order valence-electron chi connectivity index (χ2n) is 1.32. The van der Waals surface area contributed by atoms with Gasteiger partial charge in [-0.15, -0.1) is 11.6 Å². The fourth-order valence-electron chi connectivity index (χ4n) is 0.388. The molecule has 1 heterocycles. The lowest BCUT2D eigenvalue weighted by atomic mass is 10.6. The molecule has 1 aromatic rings. The number of aromatic nitrogens is 1. The van der Waals surface area contributed by atoms with Crippen LogP contribution >= 0.6 is 54.8 Å². The molecule has 5 heteroatoms. The first-order valence-corrected chi connectivity index (χ1v) is 5.04. The molecule has 1 rings (SSSR count). The van der Waals surface area contributed by atoms with Crippen LogP contribution in [-0.2, 0) is 5.88 Å². The minimum atomic E-state index is 0.461. The maximum absolute atomic E-state index is 5.54. The van der Waals surface area contributed by atoms with E-state index in [-0.39, 0.29) is 0 Å². The number of thiazole rings is 1. The molecular weight excluding hydrogens is 289 g/mol. The average Bonchev–Trinajstić information content (AvgIpc) is 2.10. The van der Waals surface area contributed by atoms with E-state index >= 15 is 0 Å². The molecule has 0 aliphatic carbocycles. The van der Waals surface area contributed by atoms with E-state index in [1.807, 2.05) is 0 Å². The van der Waals surface area contributed by atoms with E-state index < -0.39 is 0 Å². The van der Waals surface area contributed by atoms with Crippen molar-refractivity contribution in [3.05, 3.63) is 13.4 Å². The van der Waals surface area contributed by atoms with Gasteiger partial charge < -0.3 is 0 Å². The highest BCUT2D eigenvalue weighted by molar-refractivity contribution is 9.12. The lowest BCUT2D eigenvalue weighted by Gasteiger charge is -1.82. The van der Waals surface area contributed by atoms with E-state index in [0.29, 0.717) is 5.88 Å². The van der Waals surface area contributed by atoms with Crippen LogP contribution in [0.2, 0.25) is 0 Å². The molecule has 1 aromatic heterocycles. The van der Waals surface area contributed by atoms with E-state index in [0.717, 1.165) is 13.4 Å². The average molecular weight is 291 g/mol. The van der Waals surface area contributed by atoms with Crippen molar-refractivity contribution in [1.29, 1.82) is 0 Å². The highest BCUT2D eigenvalue weighted by Crippen LogP contribution is 2.28. The van der Waals surface area contributed by atoms with Crippen molar-refractivity contribution in [2.45, 2.75) is 5.88 Å². The molecule has 0 saturated heterocycles. The van der Waals surface area contributed by atoms with Gasteiger partial charge in [0.25, 0.3) is 0 Å². The van der Waals surface area contributed by atoms with Crippen LogP contribution in [0.25, 0.3) is 0 Å². The summed E-state index contributed by atoms with van der Waals surface area (Å²) in [7, 11) is 0. The molecule has 0 aliphatic rings. The monoisotopic (exact) mass is 289 g/mol. The third-order valence-corrected chi connectivity index (χ3v) is 3.28. The van der Waals surface area contributed by atoms with Gasteiger partial charge in [0.1, 0.15) is 0 Å². The maximum Gasteiger partial charge on any atom is 0.160 e. The predicted molar refractivity (Wildman–Crippen MR) is 47.1 cm³/mol. The molecule has 0 amide bonds. The zero-order valence-corrected chi connectivity index (χ0v) is 8.94. The Morgan fingerprint density at radius 3 is 2.44 bits per heavy atom. The number of rotatable bonds is 1. The quantitative estimate of drug-likeness (QED) is 0.723. The number of halogens is 3. The zero-order valence-electron chi connectivity index (χ0n) is 4.20. The molecule has 0 bridgehead atoms. The summed E-state index contributed by atoms with van der Waals surface area (Å²) in [5.41, 5.74) is 0.897. The van der Waals surface area contributed by atoms with Crippen LogP contribution in [0.4, 0.5) is 0 Å². The maximum atomic E-state index is 5.54. The molecule has 9 heavy (non-hydrogen) atoms. The summed E-state index contributed by atoms with van der Waals surface area (Å²) in [6.07, 6.45) is 0. The summed E-state index contributed by atoms with van der Waals surface area (Å²) in [4.78, 5) is 4.09. The van der Waals surface area contributed by atoms with Crippen molar-refractivity contribution in [1.82, 2.24) is 4.98 Å². The van der Waals surface area contributed by atoms with Gasteiger partial charge in [0.05, 0.1) is 15.4 Å². The van der Waals surface area contributed by atoms with Crippen molar-refractivity contribution >= 4 is 54.8 Å². The molecule has 50 valence electrons. The third kappa shape index (κ3) is 1.90. The van der Waals surface area contributed by atoms with Gasteiger partial charge in [0.2, 0.25) is 0 Å². The Bertz CT molecular complexity index is 212.